The van der Waals surface area contributed by atoms with E-state index in [4.69, 9.17) is 0 Å². The number of para-hydroxylation sites is 1. The maximum Gasteiger partial charge on any atom is 0.254 e. The van der Waals surface area contributed by atoms with Crippen LogP contribution in [0.3, 0.4) is 0 Å². The lowest BCUT2D eigenvalue weighted by Gasteiger charge is -2.31. The Hall–Kier alpha value is -3.19. The van der Waals surface area contributed by atoms with Gasteiger partial charge in [0.2, 0.25) is 5.91 Å². The van der Waals surface area contributed by atoms with E-state index in [0.717, 1.165) is 17.0 Å². The van der Waals surface area contributed by atoms with Crippen molar-refractivity contribution in [3.63, 3.8) is 0 Å². The van der Waals surface area contributed by atoms with E-state index in [2.05, 4.69) is 5.32 Å². The van der Waals surface area contributed by atoms with E-state index in [0.29, 0.717) is 37.2 Å². The van der Waals surface area contributed by atoms with Crippen LogP contribution in [0, 0.1) is 5.92 Å². The molecule has 6 nitrogen and oxygen atoms in total. The zero-order valence-corrected chi connectivity index (χ0v) is 18.1. The molecule has 0 saturated carbocycles. The summed E-state index contributed by atoms with van der Waals surface area (Å²) in [7, 11) is -3.45. The first-order chi connectivity index (χ1) is 14.8. The maximum atomic E-state index is 13.1. The molecule has 1 N–H and O–H groups in total. The van der Waals surface area contributed by atoms with Gasteiger partial charge in [-0.25, -0.2) is 8.42 Å². The van der Waals surface area contributed by atoms with Crippen LogP contribution in [0.4, 0.5) is 5.69 Å². The Morgan fingerprint density at radius 1 is 0.903 bits per heavy atom. The molecule has 0 aromatic heterocycles. The Morgan fingerprint density at radius 3 is 2.29 bits per heavy atom. The van der Waals surface area contributed by atoms with Gasteiger partial charge in [0.05, 0.1) is 10.6 Å². The molecule has 160 valence electrons. The van der Waals surface area contributed by atoms with E-state index in [1.165, 1.54) is 6.07 Å². The van der Waals surface area contributed by atoms with Crippen molar-refractivity contribution in [1.29, 1.82) is 0 Å². The van der Waals surface area contributed by atoms with Gasteiger partial charge in [0, 0.05) is 30.8 Å². The molecule has 1 heterocycles. The van der Waals surface area contributed by atoms with Crippen molar-refractivity contribution in [1.82, 2.24) is 4.90 Å². The number of benzene rings is 3. The number of piperidine rings is 1. The van der Waals surface area contributed by atoms with Gasteiger partial charge in [-0.1, -0.05) is 48.5 Å². The molecule has 1 aliphatic heterocycles. The number of carbonyl (C=O) groups excluding carboxylic acids is 2. The molecule has 0 atom stereocenters. The molecule has 0 unspecified atom stereocenters. The van der Waals surface area contributed by atoms with E-state index in [-0.39, 0.29) is 22.6 Å². The first kappa shape index (κ1) is 21.1. The van der Waals surface area contributed by atoms with Crippen LogP contribution in [-0.4, -0.2) is 44.5 Å². The SMILES string of the molecule is CS(=O)(=O)c1ccccc1NC(=O)C1CCN(C(=O)c2cccc3ccccc23)CC1. The summed E-state index contributed by atoms with van der Waals surface area (Å²) < 4.78 is 23.9. The Labute approximate surface area is 181 Å². The molecular formula is C24H24N2O4S. The lowest BCUT2D eigenvalue weighted by Crippen LogP contribution is -2.41. The molecular weight excluding hydrogens is 412 g/mol. The van der Waals surface area contributed by atoms with Crippen LogP contribution in [0.1, 0.15) is 23.2 Å². The summed E-state index contributed by atoms with van der Waals surface area (Å²) in [5, 5.41) is 4.71. The second-order valence-corrected chi connectivity index (χ2v) is 9.83. The number of fused-ring (bicyclic) bond motifs is 1. The molecule has 2 amide bonds. The van der Waals surface area contributed by atoms with Crippen molar-refractivity contribution < 1.29 is 18.0 Å². The van der Waals surface area contributed by atoms with Crippen LogP contribution in [0.2, 0.25) is 0 Å². The number of hydrogen-bond donors (Lipinski definition) is 1. The summed E-state index contributed by atoms with van der Waals surface area (Å²) in [6.07, 6.45) is 2.18. The van der Waals surface area contributed by atoms with Gasteiger partial charge in [0.25, 0.3) is 5.91 Å². The number of sulfone groups is 1. The molecule has 4 rings (SSSR count). The molecule has 0 aliphatic carbocycles. The maximum absolute atomic E-state index is 13.1. The number of nitrogens with one attached hydrogen (secondary N) is 1. The first-order valence-corrected chi connectivity index (χ1v) is 12.1. The van der Waals surface area contributed by atoms with E-state index in [1.54, 1.807) is 23.1 Å². The van der Waals surface area contributed by atoms with E-state index in [9.17, 15) is 18.0 Å². The average Bonchev–Trinajstić information content (AvgIpc) is 2.78. The number of carbonyl (C=O) groups is 2. The smallest absolute Gasteiger partial charge is 0.254 e. The van der Waals surface area contributed by atoms with Crippen LogP contribution in [0.25, 0.3) is 10.8 Å². The van der Waals surface area contributed by atoms with Crippen molar-refractivity contribution in [2.45, 2.75) is 17.7 Å². The molecule has 1 aliphatic rings. The minimum Gasteiger partial charge on any atom is -0.339 e. The Balaban J connectivity index is 1.43. The zero-order valence-electron chi connectivity index (χ0n) is 17.2. The van der Waals surface area contributed by atoms with Gasteiger partial charge in [-0.15, -0.1) is 0 Å². The number of amides is 2. The average molecular weight is 437 g/mol. The molecule has 1 fully saturated rings. The Bertz CT molecular complexity index is 1240. The summed E-state index contributed by atoms with van der Waals surface area (Å²) in [6, 6.07) is 19.9. The number of rotatable bonds is 4. The van der Waals surface area contributed by atoms with Crippen LogP contribution in [0.15, 0.2) is 71.6 Å². The molecule has 7 heteroatoms. The second-order valence-electron chi connectivity index (χ2n) is 7.85. The van der Waals surface area contributed by atoms with Crippen molar-refractivity contribution in [2.75, 3.05) is 24.7 Å². The summed E-state index contributed by atoms with van der Waals surface area (Å²) in [4.78, 5) is 27.7. The van der Waals surface area contributed by atoms with Crippen LogP contribution < -0.4 is 5.32 Å². The predicted molar refractivity (Wildman–Crippen MR) is 121 cm³/mol. The fourth-order valence-electron chi connectivity index (χ4n) is 4.06. The molecule has 0 bridgehead atoms. The molecule has 3 aromatic rings. The highest BCUT2D eigenvalue weighted by molar-refractivity contribution is 7.90. The third-order valence-corrected chi connectivity index (χ3v) is 6.87. The lowest BCUT2D eigenvalue weighted by atomic mass is 9.94. The zero-order chi connectivity index (χ0) is 22.0. The van der Waals surface area contributed by atoms with E-state index in [1.807, 2.05) is 42.5 Å². The van der Waals surface area contributed by atoms with Crippen molar-refractivity contribution in [3.8, 4) is 0 Å². The van der Waals surface area contributed by atoms with Crippen molar-refractivity contribution in [3.05, 3.63) is 72.3 Å². The normalized spacial score (nSPS) is 15.1. The van der Waals surface area contributed by atoms with Gasteiger partial charge in [-0.05, 0) is 41.8 Å². The number of likely N-dealkylation sites (tertiary alicyclic amines) is 1. The Kier molecular flexibility index (Phi) is 5.78. The number of hydrogen-bond acceptors (Lipinski definition) is 4. The summed E-state index contributed by atoms with van der Waals surface area (Å²) in [5.74, 6) is -0.518. The van der Waals surface area contributed by atoms with E-state index >= 15 is 0 Å². The first-order valence-electron chi connectivity index (χ1n) is 10.2. The Morgan fingerprint density at radius 2 is 1.55 bits per heavy atom. The standard InChI is InChI=1S/C24H24N2O4S/c1-31(29,30)22-12-5-4-11-21(22)25-23(27)18-13-15-26(16-14-18)24(28)20-10-6-8-17-7-2-3-9-19(17)20/h2-12,18H,13-16H2,1H3,(H,25,27). The summed E-state index contributed by atoms with van der Waals surface area (Å²) in [6.45, 7) is 0.960. The van der Waals surface area contributed by atoms with Crippen molar-refractivity contribution >= 4 is 38.1 Å². The predicted octanol–water partition coefficient (Wildman–Crippen LogP) is 3.73. The van der Waals surface area contributed by atoms with Gasteiger partial charge >= 0.3 is 0 Å². The van der Waals surface area contributed by atoms with Crippen LogP contribution in [-0.2, 0) is 14.6 Å². The highest BCUT2D eigenvalue weighted by atomic mass is 32.2. The highest BCUT2D eigenvalue weighted by Crippen LogP contribution is 2.26. The molecule has 31 heavy (non-hydrogen) atoms. The molecule has 3 aromatic carbocycles. The summed E-state index contributed by atoms with van der Waals surface area (Å²) in [5.41, 5.74) is 0.965. The highest BCUT2D eigenvalue weighted by Gasteiger charge is 2.29. The molecule has 0 radical (unpaired) electrons. The second kappa shape index (κ2) is 8.51. The van der Waals surface area contributed by atoms with Crippen molar-refractivity contribution in [2.24, 2.45) is 5.92 Å². The largest absolute Gasteiger partial charge is 0.339 e. The molecule has 1 saturated heterocycles. The van der Waals surface area contributed by atoms with E-state index < -0.39 is 9.84 Å². The van der Waals surface area contributed by atoms with Gasteiger partial charge in [-0.2, -0.15) is 0 Å². The quantitative estimate of drug-likeness (QED) is 0.675. The van der Waals surface area contributed by atoms with Crippen LogP contribution >= 0.6 is 0 Å². The molecule has 0 spiro atoms. The monoisotopic (exact) mass is 436 g/mol. The third kappa shape index (κ3) is 4.46. The summed E-state index contributed by atoms with van der Waals surface area (Å²) >= 11 is 0. The fourth-order valence-corrected chi connectivity index (χ4v) is 4.90. The lowest BCUT2D eigenvalue weighted by molar-refractivity contribution is -0.121. The fraction of sp³-hybridized carbons (Fsp3) is 0.250. The minimum absolute atomic E-state index is 0.0296. The van der Waals surface area contributed by atoms with Gasteiger partial charge < -0.3 is 10.2 Å². The number of nitrogens with zero attached hydrogens (tertiary/aromatic N) is 1. The topological polar surface area (TPSA) is 83.6 Å². The number of anilines is 1. The van der Waals surface area contributed by atoms with Gasteiger partial charge in [-0.3, -0.25) is 9.59 Å². The minimum atomic E-state index is -3.45. The third-order valence-electron chi connectivity index (χ3n) is 5.72. The van der Waals surface area contributed by atoms with Crippen LogP contribution in [0.5, 0.6) is 0 Å². The van der Waals surface area contributed by atoms with Gasteiger partial charge in [0.1, 0.15) is 0 Å². The van der Waals surface area contributed by atoms with Gasteiger partial charge in [0.15, 0.2) is 9.84 Å².